The third-order valence-corrected chi connectivity index (χ3v) is 3.08. The molecule has 0 bridgehead atoms. The molecule has 0 aliphatic heterocycles. The molecule has 0 nitrogen and oxygen atoms in total. The van der Waals surface area contributed by atoms with E-state index in [2.05, 4.69) is 61.1 Å². The number of hydrogen-bond donors (Lipinski definition) is 0. The maximum Gasteiger partial charge on any atom is -0.0771 e. The second kappa shape index (κ2) is 12.9. The van der Waals surface area contributed by atoms with Crippen molar-refractivity contribution in [3.05, 3.63) is 84.9 Å². The molecule has 5 heteroatoms. The molecule has 0 radical (unpaired) electrons. The van der Waals surface area contributed by atoms with Crippen LogP contribution in [0, 0.1) is 0 Å². The van der Waals surface area contributed by atoms with Gasteiger partial charge in [0, 0.05) is 0 Å². The van der Waals surface area contributed by atoms with E-state index in [1.807, 2.05) is 30.3 Å². The van der Waals surface area contributed by atoms with Crippen molar-refractivity contribution < 1.29 is 48.1 Å². The van der Waals surface area contributed by atoms with E-state index in [1.165, 1.54) is 44.9 Å². The molecular formula is C19H17Cl3SiZr-2. The Kier molecular flexibility index (Phi) is 12.7. The fraction of sp³-hybridized carbons (Fsp3) is 0.0526. The van der Waals surface area contributed by atoms with Crippen LogP contribution in [0.2, 0.25) is 6.55 Å². The third kappa shape index (κ3) is 7.68. The molecule has 0 heterocycles. The van der Waals surface area contributed by atoms with Gasteiger partial charge in [0.15, 0.2) is 0 Å². The van der Waals surface area contributed by atoms with Gasteiger partial charge in [-0.2, -0.15) is 18.2 Å². The zero-order valence-corrected chi connectivity index (χ0v) is 18.9. The van der Waals surface area contributed by atoms with E-state index in [1.54, 1.807) is 0 Å². The monoisotopic (exact) mass is 468 g/mol. The van der Waals surface area contributed by atoms with Crippen LogP contribution in [0.15, 0.2) is 84.9 Å². The molecule has 124 valence electrons. The molecule has 0 aliphatic carbocycles. The molecule has 4 rings (SSSR count). The smallest absolute Gasteiger partial charge is 0.0771 e. The van der Waals surface area contributed by atoms with E-state index in [4.69, 9.17) is 11.1 Å². The summed E-state index contributed by atoms with van der Waals surface area (Å²) >= 11 is 6.92. The SMILES string of the molecule is C[Si](Cl)=[Zr+2].[Cl-].[Cl-].c1cc[cH-]c1.c1ccc2c(c1)[cH-]c1ccccc12. The fourth-order valence-corrected chi connectivity index (χ4v) is 2.22. The molecule has 0 amide bonds. The standard InChI is InChI=1S/C13H9.C5H5.CH3ClSi.2ClH.Zr/c1-3-7-12-10(5-1)9-11-6-2-4-8-13(11)12;1-2-4-5-3-1;1-3-2;;;/h1-9H;1-5H;1H3;2*1H;/q2*-1;;;;+2/p-2. The summed E-state index contributed by atoms with van der Waals surface area (Å²) in [5, 5.41) is 5.39. The summed E-state index contributed by atoms with van der Waals surface area (Å²) in [6.45, 7) is 2.07. The van der Waals surface area contributed by atoms with Crippen molar-refractivity contribution >= 4 is 37.4 Å². The molecule has 0 saturated heterocycles. The van der Waals surface area contributed by atoms with Crippen molar-refractivity contribution in [1.29, 1.82) is 0 Å². The topological polar surface area (TPSA) is 0 Å². The molecule has 0 saturated carbocycles. The molecule has 0 unspecified atom stereocenters. The Labute approximate surface area is 175 Å². The normalized spacial score (nSPS) is 8.83. The van der Waals surface area contributed by atoms with Crippen LogP contribution in [0.1, 0.15) is 0 Å². The van der Waals surface area contributed by atoms with Crippen molar-refractivity contribution in [2.75, 3.05) is 0 Å². The van der Waals surface area contributed by atoms with Gasteiger partial charge in [0.05, 0.1) is 0 Å². The van der Waals surface area contributed by atoms with Crippen molar-refractivity contribution in [1.82, 2.24) is 0 Å². The first-order valence-electron chi connectivity index (χ1n) is 7.09. The number of benzene rings is 2. The summed E-state index contributed by atoms with van der Waals surface area (Å²) in [7, 11) is 0. The molecule has 4 aromatic carbocycles. The first kappa shape index (κ1) is 23.6. The van der Waals surface area contributed by atoms with Crippen LogP contribution < -0.4 is 24.8 Å². The van der Waals surface area contributed by atoms with Crippen molar-refractivity contribution in [3.63, 3.8) is 0 Å². The average molecular weight is 471 g/mol. The van der Waals surface area contributed by atoms with Gasteiger partial charge in [-0.05, 0) is 0 Å². The summed E-state index contributed by atoms with van der Waals surface area (Å²) in [6.07, 6.45) is 0. The van der Waals surface area contributed by atoms with Gasteiger partial charge in [-0.1, -0.05) is 36.4 Å². The van der Waals surface area contributed by atoms with Gasteiger partial charge < -0.3 is 24.8 Å². The Morgan fingerprint density at radius 3 is 1.50 bits per heavy atom. The molecule has 4 aromatic rings. The van der Waals surface area contributed by atoms with Crippen LogP contribution in [0.25, 0.3) is 21.5 Å². The Balaban J connectivity index is 0.000000409. The molecular weight excluding hydrogens is 454 g/mol. The van der Waals surface area contributed by atoms with Crippen LogP contribution >= 0.6 is 11.1 Å². The maximum absolute atomic E-state index is 5.42. The minimum Gasteiger partial charge on any atom is -1.00 e. The minimum absolute atomic E-state index is 0. The second-order valence-corrected chi connectivity index (χ2v) is 15.5. The van der Waals surface area contributed by atoms with Crippen LogP contribution in [0.5, 0.6) is 0 Å². The molecule has 0 spiro atoms. The van der Waals surface area contributed by atoms with Crippen molar-refractivity contribution in [2.45, 2.75) is 6.55 Å². The summed E-state index contributed by atoms with van der Waals surface area (Å²) in [4.78, 5) is 0. The van der Waals surface area contributed by atoms with Crippen LogP contribution in [-0.4, -0.2) is 4.74 Å². The Morgan fingerprint density at radius 1 is 0.792 bits per heavy atom. The van der Waals surface area contributed by atoms with Crippen molar-refractivity contribution in [2.24, 2.45) is 0 Å². The molecule has 0 atom stereocenters. The summed E-state index contributed by atoms with van der Waals surface area (Å²) in [6, 6.07) is 29.3. The fourth-order valence-electron chi connectivity index (χ4n) is 2.22. The van der Waals surface area contributed by atoms with Gasteiger partial charge in [-0.3, -0.25) is 0 Å². The maximum atomic E-state index is 5.42. The van der Waals surface area contributed by atoms with Crippen LogP contribution in [0.4, 0.5) is 0 Å². The van der Waals surface area contributed by atoms with Gasteiger partial charge in [-0.15, -0.1) is 39.7 Å². The van der Waals surface area contributed by atoms with Gasteiger partial charge >= 0.3 is 45.7 Å². The molecule has 24 heavy (non-hydrogen) atoms. The Hall–Kier alpha value is -0.370. The quantitative estimate of drug-likeness (QED) is 0.193. The van der Waals surface area contributed by atoms with E-state index in [0.29, 0.717) is 0 Å². The third-order valence-electron chi connectivity index (χ3n) is 3.08. The van der Waals surface area contributed by atoms with E-state index in [9.17, 15) is 0 Å². The van der Waals surface area contributed by atoms with Gasteiger partial charge in [0.2, 0.25) is 0 Å². The van der Waals surface area contributed by atoms with Gasteiger partial charge in [0.1, 0.15) is 0 Å². The van der Waals surface area contributed by atoms with Crippen molar-refractivity contribution in [3.8, 4) is 0 Å². The molecule has 0 fully saturated rings. The Bertz CT molecular complexity index is 766. The summed E-state index contributed by atoms with van der Waals surface area (Å²) < 4.78 is -0.317. The zero-order valence-electron chi connectivity index (χ0n) is 13.2. The van der Waals surface area contributed by atoms with E-state index in [0.717, 1.165) is 0 Å². The predicted octanol–water partition coefficient (Wildman–Crippen LogP) is 0.0154. The number of rotatable bonds is 0. The minimum atomic E-state index is -0.317. The van der Waals surface area contributed by atoms with E-state index in [-0.39, 0.29) is 29.6 Å². The average Bonchev–Trinajstić information content (AvgIpc) is 3.18. The largest absolute Gasteiger partial charge is 1.00 e. The Morgan fingerprint density at radius 2 is 1.17 bits per heavy atom. The molecule has 0 aliphatic rings. The van der Waals surface area contributed by atoms with Crippen LogP contribution in [0.3, 0.4) is 0 Å². The molecule has 0 aromatic heterocycles. The first-order valence-corrected chi connectivity index (χ1v) is 13.8. The van der Waals surface area contributed by atoms with E-state index < -0.39 is 0 Å². The second-order valence-electron chi connectivity index (χ2n) is 4.81. The summed E-state index contributed by atoms with van der Waals surface area (Å²) in [5.41, 5.74) is 0. The van der Waals surface area contributed by atoms with Gasteiger partial charge in [0.25, 0.3) is 0 Å². The first-order chi connectivity index (χ1) is 10.7. The number of halogens is 3. The zero-order chi connectivity index (χ0) is 15.8. The van der Waals surface area contributed by atoms with E-state index >= 15 is 0 Å². The predicted molar refractivity (Wildman–Crippen MR) is 96.6 cm³/mol. The van der Waals surface area contributed by atoms with Crippen LogP contribution in [-0.2, 0) is 23.3 Å². The summed E-state index contributed by atoms with van der Waals surface area (Å²) in [5.74, 6) is 0. The van der Waals surface area contributed by atoms with Gasteiger partial charge in [-0.25, -0.2) is 12.1 Å². The number of fused-ring (bicyclic) bond motifs is 3. The number of hydrogen-bond acceptors (Lipinski definition) is 0. The molecule has 0 N–H and O–H groups in total.